The summed E-state index contributed by atoms with van der Waals surface area (Å²) in [4.78, 5) is 17.7. The van der Waals surface area contributed by atoms with Crippen LogP contribution < -0.4 is 4.74 Å². The Bertz CT molecular complexity index is 902. The van der Waals surface area contributed by atoms with Gasteiger partial charge in [0.25, 0.3) is 5.91 Å². The van der Waals surface area contributed by atoms with Gasteiger partial charge < -0.3 is 14.4 Å². The molecule has 0 aromatic heterocycles. The Hall–Kier alpha value is -2.37. The summed E-state index contributed by atoms with van der Waals surface area (Å²) < 4.78 is 11.6. The summed E-state index contributed by atoms with van der Waals surface area (Å²) in [6.07, 6.45) is 6.69. The molecular formula is C27H34N2O3. The maximum absolute atomic E-state index is 13.0. The number of ether oxygens (including phenoxy) is 2. The maximum Gasteiger partial charge on any atom is 0.253 e. The molecular weight excluding hydrogens is 400 g/mol. The molecule has 2 heterocycles. The Morgan fingerprint density at radius 3 is 2.41 bits per heavy atom. The van der Waals surface area contributed by atoms with E-state index in [4.69, 9.17) is 9.47 Å². The Morgan fingerprint density at radius 1 is 1.03 bits per heavy atom. The lowest BCUT2D eigenvalue weighted by molar-refractivity contribution is -0.131. The van der Waals surface area contributed by atoms with Gasteiger partial charge in [-0.25, -0.2) is 0 Å². The summed E-state index contributed by atoms with van der Waals surface area (Å²) in [6, 6.07) is 19.6. The van der Waals surface area contributed by atoms with E-state index in [0.717, 1.165) is 69.3 Å². The van der Waals surface area contributed by atoms with E-state index in [2.05, 4.69) is 35.2 Å². The molecule has 1 aliphatic carbocycles. The summed E-state index contributed by atoms with van der Waals surface area (Å²) in [5.41, 5.74) is 2.05. The summed E-state index contributed by atoms with van der Waals surface area (Å²) in [5, 5.41) is 0. The highest BCUT2D eigenvalue weighted by Gasteiger charge is 2.45. The maximum atomic E-state index is 13.0. The topological polar surface area (TPSA) is 42.0 Å². The quantitative estimate of drug-likeness (QED) is 0.671. The SMILES string of the molecule is COc1ccc(C(=O)N2CCC3(CC2)CC(N(Cc2ccccc2)C2CC2)CCO3)cc1. The number of methoxy groups -OCH3 is 1. The minimum absolute atomic E-state index is 0.0799. The van der Waals surface area contributed by atoms with Crippen molar-refractivity contribution in [1.29, 1.82) is 0 Å². The molecule has 5 heteroatoms. The van der Waals surface area contributed by atoms with Crippen LogP contribution in [0.5, 0.6) is 5.75 Å². The second kappa shape index (κ2) is 9.24. The summed E-state index contributed by atoms with van der Waals surface area (Å²) >= 11 is 0. The van der Waals surface area contributed by atoms with Gasteiger partial charge in [-0.15, -0.1) is 0 Å². The van der Waals surface area contributed by atoms with Crippen LogP contribution in [0.3, 0.4) is 0 Å². The highest BCUT2D eigenvalue weighted by Crippen LogP contribution is 2.40. The number of likely N-dealkylation sites (tertiary alicyclic amines) is 1. The molecule has 1 amide bonds. The van der Waals surface area contributed by atoms with Crippen LogP contribution >= 0.6 is 0 Å². The standard InChI is InChI=1S/C27H34N2O3/c1-31-25-11-7-22(8-12-25)26(30)28-16-14-27(15-17-28)19-24(13-18-32-27)29(23-9-10-23)20-21-5-3-2-4-6-21/h2-8,11-12,23-24H,9-10,13-20H2,1H3. The van der Waals surface area contributed by atoms with Gasteiger partial charge in [-0.05, 0) is 68.4 Å². The van der Waals surface area contributed by atoms with Crippen molar-refractivity contribution in [2.75, 3.05) is 26.8 Å². The number of carbonyl (C=O) groups excluding carboxylic acids is 1. The van der Waals surface area contributed by atoms with Crippen LogP contribution in [0.1, 0.15) is 54.4 Å². The van der Waals surface area contributed by atoms with Crippen molar-refractivity contribution in [2.24, 2.45) is 0 Å². The van der Waals surface area contributed by atoms with Gasteiger partial charge in [-0.1, -0.05) is 30.3 Å². The second-order valence-electron chi connectivity index (χ2n) is 9.59. The lowest BCUT2D eigenvalue weighted by Crippen LogP contribution is -2.54. The number of carbonyl (C=O) groups is 1. The van der Waals surface area contributed by atoms with Crippen molar-refractivity contribution in [1.82, 2.24) is 9.80 Å². The van der Waals surface area contributed by atoms with Gasteiger partial charge in [0.05, 0.1) is 12.7 Å². The number of hydrogen-bond acceptors (Lipinski definition) is 4. The van der Waals surface area contributed by atoms with Crippen molar-refractivity contribution >= 4 is 5.91 Å². The molecule has 170 valence electrons. The molecule has 2 saturated heterocycles. The molecule has 1 unspecified atom stereocenters. The van der Waals surface area contributed by atoms with E-state index in [0.29, 0.717) is 6.04 Å². The van der Waals surface area contributed by atoms with Gasteiger partial charge in [0.15, 0.2) is 0 Å². The van der Waals surface area contributed by atoms with Gasteiger partial charge in [0.2, 0.25) is 0 Å². The van der Waals surface area contributed by atoms with Crippen LogP contribution in [0.25, 0.3) is 0 Å². The molecule has 1 saturated carbocycles. The molecule has 3 aliphatic rings. The van der Waals surface area contributed by atoms with E-state index in [1.54, 1.807) is 7.11 Å². The number of piperidine rings is 1. The fourth-order valence-corrected chi connectivity index (χ4v) is 5.42. The lowest BCUT2D eigenvalue weighted by atomic mass is 9.81. The Balaban J connectivity index is 1.22. The van der Waals surface area contributed by atoms with E-state index < -0.39 is 0 Å². The van der Waals surface area contributed by atoms with E-state index >= 15 is 0 Å². The lowest BCUT2D eigenvalue weighted by Gasteiger charge is -2.48. The first-order valence-electron chi connectivity index (χ1n) is 12.0. The number of amides is 1. The third kappa shape index (κ3) is 4.69. The number of nitrogens with zero attached hydrogens (tertiary/aromatic N) is 2. The largest absolute Gasteiger partial charge is 0.497 e. The highest BCUT2D eigenvalue weighted by molar-refractivity contribution is 5.94. The van der Waals surface area contributed by atoms with Gasteiger partial charge in [-0.2, -0.15) is 0 Å². The highest BCUT2D eigenvalue weighted by atomic mass is 16.5. The average Bonchev–Trinajstić information content (AvgIpc) is 3.69. The molecule has 0 N–H and O–H groups in total. The van der Waals surface area contributed by atoms with E-state index in [1.165, 1.54) is 18.4 Å². The van der Waals surface area contributed by atoms with Crippen LogP contribution in [-0.2, 0) is 11.3 Å². The normalized spacial score (nSPS) is 22.8. The van der Waals surface area contributed by atoms with Crippen molar-refractivity contribution in [3.63, 3.8) is 0 Å². The van der Waals surface area contributed by atoms with Crippen molar-refractivity contribution in [3.05, 3.63) is 65.7 Å². The Kier molecular flexibility index (Phi) is 6.20. The predicted octanol–water partition coefficient (Wildman–Crippen LogP) is 4.51. The monoisotopic (exact) mass is 434 g/mol. The predicted molar refractivity (Wildman–Crippen MR) is 125 cm³/mol. The summed E-state index contributed by atoms with van der Waals surface area (Å²) in [6.45, 7) is 3.39. The smallest absolute Gasteiger partial charge is 0.253 e. The molecule has 32 heavy (non-hydrogen) atoms. The third-order valence-corrected chi connectivity index (χ3v) is 7.46. The van der Waals surface area contributed by atoms with E-state index in [9.17, 15) is 4.79 Å². The van der Waals surface area contributed by atoms with Crippen LogP contribution in [-0.4, -0.2) is 60.2 Å². The van der Waals surface area contributed by atoms with Crippen LogP contribution in [0.15, 0.2) is 54.6 Å². The molecule has 2 aliphatic heterocycles. The zero-order valence-electron chi connectivity index (χ0n) is 19.0. The van der Waals surface area contributed by atoms with Crippen molar-refractivity contribution in [2.45, 2.75) is 62.8 Å². The second-order valence-corrected chi connectivity index (χ2v) is 9.59. The first kappa shape index (κ1) is 21.5. The molecule has 0 radical (unpaired) electrons. The zero-order valence-corrected chi connectivity index (χ0v) is 19.0. The van der Waals surface area contributed by atoms with Crippen molar-refractivity contribution < 1.29 is 14.3 Å². The summed E-state index contributed by atoms with van der Waals surface area (Å²) in [7, 11) is 1.64. The molecule has 2 aromatic rings. The van der Waals surface area contributed by atoms with Crippen LogP contribution in [0.4, 0.5) is 0 Å². The minimum atomic E-state index is -0.0799. The van der Waals surface area contributed by atoms with E-state index in [-0.39, 0.29) is 11.5 Å². The van der Waals surface area contributed by atoms with Crippen LogP contribution in [0.2, 0.25) is 0 Å². The average molecular weight is 435 g/mol. The van der Waals surface area contributed by atoms with Gasteiger partial charge in [0, 0.05) is 43.9 Å². The van der Waals surface area contributed by atoms with E-state index in [1.807, 2.05) is 29.2 Å². The fourth-order valence-electron chi connectivity index (χ4n) is 5.42. The van der Waals surface area contributed by atoms with Gasteiger partial charge in [-0.3, -0.25) is 9.69 Å². The molecule has 0 bridgehead atoms. The molecule has 1 atom stereocenters. The first-order valence-corrected chi connectivity index (χ1v) is 12.0. The number of benzene rings is 2. The Labute approximate surface area is 191 Å². The van der Waals surface area contributed by atoms with Crippen molar-refractivity contribution in [3.8, 4) is 5.75 Å². The number of hydrogen-bond donors (Lipinski definition) is 0. The summed E-state index contributed by atoms with van der Waals surface area (Å²) in [5.74, 6) is 0.884. The van der Waals surface area contributed by atoms with Gasteiger partial charge in [0.1, 0.15) is 5.75 Å². The molecule has 1 spiro atoms. The molecule has 5 rings (SSSR count). The molecule has 2 aromatic carbocycles. The van der Waals surface area contributed by atoms with Crippen LogP contribution in [0, 0.1) is 0 Å². The molecule has 3 fully saturated rings. The number of rotatable bonds is 6. The third-order valence-electron chi connectivity index (χ3n) is 7.46. The zero-order chi connectivity index (χ0) is 22.0. The Morgan fingerprint density at radius 2 is 1.75 bits per heavy atom. The first-order chi connectivity index (χ1) is 15.7. The minimum Gasteiger partial charge on any atom is -0.497 e. The fraction of sp³-hybridized carbons (Fsp3) is 0.519. The van der Waals surface area contributed by atoms with Gasteiger partial charge >= 0.3 is 0 Å². The molecule has 5 nitrogen and oxygen atoms in total.